The van der Waals surface area contributed by atoms with E-state index in [1.54, 1.807) is 0 Å². The molecule has 9 heteroatoms. The maximum absolute atomic E-state index is 12.6. The van der Waals surface area contributed by atoms with E-state index in [-0.39, 0.29) is 11.5 Å². The van der Waals surface area contributed by atoms with E-state index in [4.69, 9.17) is 5.73 Å². The summed E-state index contributed by atoms with van der Waals surface area (Å²) >= 11 is 0. The van der Waals surface area contributed by atoms with Crippen molar-refractivity contribution in [1.82, 2.24) is 15.3 Å². The van der Waals surface area contributed by atoms with Crippen LogP contribution in [0.3, 0.4) is 0 Å². The zero-order chi connectivity index (χ0) is 21.6. The zero-order valence-corrected chi connectivity index (χ0v) is 16.1. The minimum absolute atomic E-state index is 0.143. The van der Waals surface area contributed by atoms with E-state index in [1.807, 2.05) is 24.3 Å². The third-order valence-electron chi connectivity index (χ3n) is 4.43. The van der Waals surface area contributed by atoms with Gasteiger partial charge in [-0.25, -0.2) is 4.98 Å². The lowest BCUT2D eigenvalue weighted by Crippen LogP contribution is -2.17. The van der Waals surface area contributed by atoms with E-state index < -0.39 is 11.7 Å². The third kappa shape index (κ3) is 5.68. The summed E-state index contributed by atoms with van der Waals surface area (Å²) in [7, 11) is 0. The molecule has 1 heterocycles. The summed E-state index contributed by atoms with van der Waals surface area (Å²) in [5, 5.41) is 6.08. The molecule has 0 amide bonds. The summed E-state index contributed by atoms with van der Waals surface area (Å²) in [5.74, 6) is 0.143. The molecule has 0 radical (unpaired) electrons. The van der Waals surface area contributed by atoms with Crippen LogP contribution in [0.2, 0.25) is 0 Å². The number of alkyl halides is 3. The quantitative estimate of drug-likeness (QED) is 0.420. The van der Waals surface area contributed by atoms with Crippen molar-refractivity contribution in [2.24, 2.45) is 5.73 Å². The predicted molar refractivity (Wildman–Crippen MR) is 110 cm³/mol. The molecule has 1 aromatic heterocycles. The van der Waals surface area contributed by atoms with Crippen molar-refractivity contribution < 1.29 is 13.2 Å². The van der Waals surface area contributed by atoms with E-state index in [0.29, 0.717) is 24.3 Å². The number of H-pyrrole nitrogens is 1. The Balaban J connectivity index is 1.67. The Morgan fingerprint density at radius 1 is 1.03 bits per heavy atom. The summed E-state index contributed by atoms with van der Waals surface area (Å²) < 4.78 is 37.9. The van der Waals surface area contributed by atoms with E-state index >= 15 is 0 Å². The van der Waals surface area contributed by atoms with Crippen LogP contribution in [0.1, 0.15) is 17.5 Å². The highest BCUT2D eigenvalue weighted by atomic mass is 19.4. The topological polar surface area (TPSA) is 95.8 Å². The fourth-order valence-corrected chi connectivity index (χ4v) is 2.81. The van der Waals surface area contributed by atoms with Crippen molar-refractivity contribution >= 4 is 11.6 Å². The van der Waals surface area contributed by atoms with E-state index in [0.717, 1.165) is 36.2 Å². The molecule has 0 aliphatic carbocycles. The molecule has 158 valence electrons. The molecular formula is C21H22F3N5O. The van der Waals surface area contributed by atoms with Crippen molar-refractivity contribution in [3.8, 4) is 11.1 Å². The van der Waals surface area contributed by atoms with Crippen LogP contribution in [-0.2, 0) is 12.7 Å². The normalized spacial score (nSPS) is 11.5. The fourth-order valence-electron chi connectivity index (χ4n) is 2.81. The second-order valence-corrected chi connectivity index (χ2v) is 6.69. The standard InChI is InChI=1S/C21H22F3N5O/c22-21(23,24)16-6-8-17(9-7-16)28-20-27-13-18(19(30)29-20)15-4-2-14(3-5-15)12-26-11-1-10-25/h2-9,13,26H,1,10-12,25H2,(H2,27,28,29,30). The average Bonchev–Trinajstić information content (AvgIpc) is 2.72. The third-order valence-corrected chi connectivity index (χ3v) is 4.43. The fraction of sp³-hybridized carbons (Fsp3) is 0.238. The molecule has 5 N–H and O–H groups in total. The van der Waals surface area contributed by atoms with Gasteiger partial charge in [0.05, 0.1) is 11.1 Å². The Morgan fingerprint density at radius 2 is 1.73 bits per heavy atom. The molecule has 0 bridgehead atoms. The van der Waals surface area contributed by atoms with Crippen LogP contribution in [0.25, 0.3) is 11.1 Å². The first-order chi connectivity index (χ1) is 14.4. The minimum atomic E-state index is -4.40. The minimum Gasteiger partial charge on any atom is -0.330 e. The smallest absolute Gasteiger partial charge is 0.330 e. The van der Waals surface area contributed by atoms with Crippen LogP contribution in [0.5, 0.6) is 0 Å². The maximum atomic E-state index is 12.6. The molecule has 2 aromatic carbocycles. The molecule has 30 heavy (non-hydrogen) atoms. The molecule has 6 nitrogen and oxygen atoms in total. The van der Waals surface area contributed by atoms with Crippen LogP contribution in [-0.4, -0.2) is 23.1 Å². The lowest BCUT2D eigenvalue weighted by atomic mass is 10.1. The van der Waals surface area contributed by atoms with E-state index in [9.17, 15) is 18.0 Å². The Bertz CT molecular complexity index is 1010. The van der Waals surface area contributed by atoms with Gasteiger partial charge in [0, 0.05) is 18.4 Å². The van der Waals surface area contributed by atoms with Gasteiger partial charge in [-0.3, -0.25) is 9.78 Å². The number of anilines is 2. The number of nitrogens with two attached hydrogens (primary N) is 1. The van der Waals surface area contributed by atoms with Crippen molar-refractivity contribution in [2.45, 2.75) is 19.1 Å². The molecule has 0 saturated carbocycles. The second kappa shape index (κ2) is 9.55. The number of nitrogens with one attached hydrogen (secondary N) is 3. The maximum Gasteiger partial charge on any atom is 0.416 e. The van der Waals surface area contributed by atoms with E-state index in [2.05, 4.69) is 20.6 Å². The molecule has 0 atom stereocenters. The molecule has 0 spiro atoms. The van der Waals surface area contributed by atoms with Crippen molar-refractivity contribution in [2.75, 3.05) is 18.4 Å². The predicted octanol–water partition coefficient (Wildman–Crippen LogP) is 3.64. The highest BCUT2D eigenvalue weighted by Gasteiger charge is 2.29. The lowest BCUT2D eigenvalue weighted by molar-refractivity contribution is -0.137. The van der Waals surface area contributed by atoms with Crippen LogP contribution >= 0.6 is 0 Å². The first-order valence-corrected chi connectivity index (χ1v) is 9.40. The van der Waals surface area contributed by atoms with Crippen LogP contribution < -0.4 is 21.9 Å². The summed E-state index contributed by atoms with van der Waals surface area (Å²) in [6, 6.07) is 12.0. The SMILES string of the molecule is NCCCNCc1ccc(-c2cnc(Nc3ccc(C(F)(F)F)cc3)[nH]c2=O)cc1. The first-order valence-electron chi connectivity index (χ1n) is 9.40. The van der Waals surface area contributed by atoms with E-state index in [1.165, 1.54) is 18.3 Å². The number of benzene rings is 2. The van der Waals surface area contributed by atoms with Crippen LogP contribution in [0.4, 0.5) is 24.8 Å². The summed E-state index contributed by atoms with van der Waals surface area (Å²) in [5.41, 5.74) is 6.94. The lowest BCUT2D eigenvalue weighted by Gasteiger charge is -2.09. The molecule has 0 saturated heterocycles. The number of halogens is 3. The summed E-state index contributed by atoms with van der Waals surface area (Å²) in [4.78, 5) is 19.2. The van der Waals surface area contributed by atoms with Gasteiger partial charge in [0.25, 0.3) is 5.56 Å². The Kier molecular flexibility index (Phi) is 6.86. The molecular weight excluding hydrogens is 395 g/mol. The van der Waals surface area contributed by atoms with Gasteiger partial charge >= 0.3 is 6.18 Å². The molecule has 0 unspecified atom stereocenters. The Morgan fingerprint density at radius 3 is 2.33 bits per heavy atom. The van der Waals surface area contributed by atoms with Gasteiger partial charge in [0.15, 0.2) is 0 Å². The van der Waals surface area contributed by atoms with Crippen molar-refractivity contribution in [1.29, 1.82) is 0 Å². The Hall–Kier alpha value is -3.17. The monoisotopic (exact) mass is 417 g/mol. The van der Waals surface area contributed by atoms with Crippen molar-refractivity contribution in [3.05, 3.63) is 76.2 Å². The largest absolute Gasteiger partial charge is 0.416 e. The number of nitrogens with zero attached hydrogens (tertiary/aromatic N) is 1. The summed E-state index contributed by atoms with van der Waals surface area (Å²) in [6.45, 7) is 2.20. The Labute approximate surface area is 171 Å². The van der Waals surface area contributed by atoms with Crippen LogP contribution in [0, 0.1) is 0 Å². The summed E-state index contributed by atoms with van der Waals surface area (Å²) in [6.07, 6.45) is -2.06. The highest BCUT2D eigenvalue weighted by molar-refractivity contribution is 5.63. The number of aromatic nitrogens is 2. The number of hydrogen-bond acceptors (Lipinski definition) is 5. The first kappa shape index (κ1) is 21.5. The van der Waals surface area contributed by atoms with Gasteiger partial charge in [-0.2, -0.15) is 13.2 Å². The van der Waals surface area contributed by atoms with Gasteiger partial charge in [-0.05, 0) is 54.9 Å². The number of rotatable bonds is 8. The second-order valence-electron chi connectivity index (χ2n) is 6.69. The zero-order valence-electron chi connectivity index (χ0n) is 16.1. The van der Waals surface area contributed by atoms with Crippen LogP contribution in [0.15, 0.2) is 59.5 Å². The number of hydrogen-bond donors (Lipinski definition) is 4. The van der Waals surface area contributed by atoms with Gasteiger partial charge < -0.3 is 16.4 Å². The van der Waals surface area contributed by atoms with Gasteiger partial charge in [0.1, 0.15) is 0 Å². The highest BCUT2D eigenvalue weighted by Crippen LogP contribution is 2.30. The average molecular weight is 417 g/mol. The van der Waals surface area contributed by atoms with Gasteiger partial charge in [0.2, 0.25) is 5.95 Å². The van der Waals surface area contributed by atoms with Gasteiger partial charge in [-0.1, -0.05) is 24.3 Å². The molecule has 0 aliphatic rings. The van der Waals surface area contributed by atoms with Gasteiger partial charge in [-0.15, -0.1) is 0 Å². The van der Waals surface area contributed by atoms with Crippen molar-refractivity contribution in [3.63, 3.8) is 0 Å². The molecule has 0 aliphatic heterocycles. The molecule has 3 rings (SSSR count). The number of aromatic amines is 1. The molecule has 0 fully saturated rings. The molecule has 3 aromatic rings.